The van der Waals surface area contributed by atoms with Gasteiger partial charge in [-0.3, -0.25) is 4.79 Å². The van der Waals surface area contributed by atoms with Gasteiger partial charge in [-0.2, -0.15) is 5.26 Å². The number of nitriles is 1. The van der Waals surface area contributed by atoms with Crippen LogP contribution < -0.4 is 4.74 Å². The number of carbonyl (C=O) groups is 1. The van der Waals surface area contributed by atoms with Gasteiger partial charge in [0.15, 0.2) is 16.4 Å². The highest BCUT2D eigenvalue weighted by Crippen LogP contribution is 2.32. The maximum Gasteiger partial charge on any atom is 0.261 e. The van der Waals surface area contributed by atoms with Crippen molar-refractivity contribution in [2.45, 2.75) is 42.5 Å². The summed E-state index contributed by atoms with van der Waals surface area (Å²) >= 11 is 0. The fourth-order valence-electron chi connectivity index (χ4n) is 2.92. The number of likely N-dealkylation sites (N-methyl/N-ethyl adjacent to an activating group) is 1. The molecule has 7 heteroatoms. The summed E-state index contributed by atoms with van der Waals surface area (Å²) in [6.45, 7) is -0.182. The topological polar surface area (TPSA) is 87.5 Å². The Morgan fingerprint density at radius 2 is 1.83 bits per heavy atom. The second-order valence-corrected chi connectivity index (χ2v) is 8.20. The zero-order chi connectivity index (χ0) is 17.8. The zero-order valence-electron chi connectivity index (χ0n) is 14.0. The molecule has 1 saturated carbocycles. The molecule has 0 heterocycles. The molecule has 1 aliphatic rings. The molecule has 1 amide bonds. The summed E-state index contributed by atoms with van der Waals surface area (Å²) in [5.41, 5.74) is -0.737. The van der Waals surface area contributed by atoms with Crippen molar-refractivity contribution in [3.63, 3.8) is 0 Å². The van der Waals surface area contributed by atoms with Crippen molar-refractivity contribution in [3.05, 3.63) is 24.3 Å². The molecule has 1 fully saturated rings. The first kappa shape index (κ1) is 18.3. The molecule has 1 aromatic carbocycles. The molecule has 0 saturated heterocycles. The van der Waals surface area contributed by atoms with Crippen molar-refractivity contribution < 1.29 is 17.9 Å². The lowest BCUT2D eigenvalue weighted by molar-refractivity contribution is -0.137. The Morgan fingerprint density at radius 3 is 2.33 bits per heavy atom. The number of carbonyl (C=O) groups excluding carboxylic acids is 1. The summed E-state index contributed by atoms with van der Waals surface area (Å²) in [6, 6.07) is 8.22. The van der Waals surface area contributed by atoms with E-state index in [9.17, 15) is 18.5 Å². The van der Waals surface area contributed by atoms with Crippen LogP contribution in [0.2, 0.25) is 0 Å². The standard InChI is InChI=1S/C17H22N2O4S/c1-19(17(13-18)10-4-3-5-11-17)16(20)12-23-14-6-8-15(9-7-14)24(2,21)22/h6-9H,3-5,10-12H2,1-2H3. The van der Waals surface area contributed by atoms with Crippen LogP contribution in [0, 0.1) is 11.3 Å². The minimum Gasteiger partial charge on any atom is -0.484 e. The Balaban J connectivity index is 1.98. The van der Waals surface area contributed by atoms with Gasteiger partial charge in [-0.05, 0) is 37.1 Å². The Kier molecular flexibility index (Phi) is 5.50. The predicted molar refractivity (Wildman–Crippen MR) is 89.2 cm³/mol. The third-order valence-electron chi connectivity index (χ3n) is 4.52. The Hall–Kier alpha value is -2.07. The third kappa shape index (κ3) is 4.06. The van der Waals surface area contributed by atoms with Crippen molar-refractivity contribution >= 4 is 15.7 Å². The van der Waals surface area contributed by atoms with E-state index in [4.69, 9.17) is 4.74 Å². The number of amides is 1. The fraction of sp³-hybridized carbons (Fsp3) is 0.529. The molecule has 1 aromatic rings. The van der Waals surface area contributed by atoms with Gasteiger partial charge < -0.3 is 9.64 Å². The summed E-state index contributed by atoms with van der Waals surface area (Å²) in [5.74, 6) is 0.157. The molecule has 24 heavy (non-hydrogen) atoms. The largest absolute Gasteiger partial charge is 0.484 e. The van der Waals surface area contributed by atoms with E-state index in [1.54, 1.807) is 7.05 Å². The molecule has 0 unspecified atom stereocenters. The van der Waals surface area contributed by atoms with Crippen LogP contribution in [-0.2, 0) is 14.6 Å². The normalized spacial score (nSPS) is 16.9. The van der Waals surface area contributed by atoms with Crippen LogP contribution in [0.3, 0.4) is 0 Å². The van der Waals surface area contributed by atoms with E-state index in [1.165, 1.54) is 29.2 Å². The van der Waals surface area contributed by atoms with Crippen LogP contribution in [0.5, 0.6) is 5.75 Å². The minimum absolute atomic E-state index is 0.182. The van der Waals surface area contributed by atoms with Gasteiger partial charge in [0.25, 0.3) is 5.91 Å². The Labute approximate surface area is 142 Å². The highest BCUT2D eigenvalue weighted by atomic mass is 32.2. The molecule has 0 aliphatic heterocycles. The number of nitrogens with zero attached hydrogens (tertiary/aromatic N) is 2. The SMILES string of the molecule is CN(C(=O)COc1ccc(S(C)(=O)=O)cc1)C1(C#N)CCCCC1. The summed E-state index contributed by atoms with van der Waals surface area (Å²) in [7, 11) is -1.61. The first-order chi connectivity index (χ1) is 11.3. The minimum atomic E-state index is -3.26. The molecule has 6 nitrogen and oxygen atoms in total. The molecule has 1 aliphatic carbocycles. The molecular weight excluding hydrogens is 328 g/mol. The molecule has 0 N–H and O–H groups in total. The van der Waals surface area contributed by atoms with Crippen LogP contribution in [-0.4, -0.2) is 44.7 Å². The van der Waals surface area contributed by atoms with E-state index in [0.29, 0.717) is 18.6 Å². The van der Waals surface area contributed by atoms with Crippen molar-refractivity contribution in [1.29, 1.82) is 5.26 Å². The van der Waals surface area contributed by atoms with Crippen molar-refractivity contribution in [2.24, 2.45) is 0 Å². The summed E-state index contributed by atoms with van der Waals surface area (Å²) in [4.78, 5) is 14.1. The van der Waals surface area contributed by atoms with Crippen LogP contribution in [0.15, 0.2) is 29.2 Å². The second kappa shape index (κ2) is 7.22. The molecule has 0 radical (unpaired) electrons. The number of hydrogen-bond donors (Lipinski definition) is 0. The second-order valence-electron chi connectivity index (χ2n) is 6.19. The Morgan fingerprint density at radius 1 is 1.25 bits per heavy atom. The van der Waals surface area contributed by atoms with Crippen LogP contribution in [0.25, 0.3) is 0 Å². The van der Waals surface area contributed by atoms with Crippen molar-refractivity contribution in [1.82, 2.24) is 4.90 Å². The number of hydrogen-bond acceptors (Lipinski definition) is 5. The van der Waals surface area contributed by atoms with E-state index >= 15 is 0 Å². The first-order valence-electron chi connectivity index (χ1n) is 7.89. The lowest BCUT2D eigenvalue weighted by atomic mass is 9.81. The fourth-order valence-corrected chi connectivity index (χ4v) is 3.55. The average Bonchev–Trinajstić information content (AvgIpc) is 2.59. The van der Waals surface area contributed by atoms with E-state index in [1.807, 2.05) is 0 Å². The van der Waals surface area contributed by atoms with Gasteiger partial charge in [-0.25, -0.2) is 8.42 Å². The average molecular weight is 350 g/mol. The van der Waals surface area contributed by atoms with Crippen LogP contribution >= 0.6 is 0 Å². The lowest BCUT2D eigenvalue weighted by Crippen LogP contribution is -2.51. The number of benzene rings is 1. The number of ether oxygens (including phenoxy) is 1. The van der Waals surface area contributed by atoms with Crippen LogP contribution in [0.4, 0.5) is 0 Å². The summed E-state index contributed by atoms with van der Waals surface area (Å²) < 4.78 is 28.3. The van der Waals surface area contributed by atoms with Gasteiger partial charge in [0.1, 0.15) is 11.3 Å². The predicted octanol–water partition coefficient (Wildman–Crippen LogP) is 2.15. The maximum atomic E-state index is 12.4. The Bertz CT molecular complexity index is 729. The molecule has 0 spiro atoms. The molecule has 0 bridgehead atoms. The molecule has 0 atom stereocenters. The van der Waals surface area contributed by atoms with E-state index in [-0.39, 0.29) is 17.4 Å². The molecular formula is C17H22N2O4S. The van der Waals surface area contributed by atoms with Crippen LogP contribution in [0.1, 0.15) is 32.1 Å². The van der Waals surface area contributed by atoms with Gasteiger partial charge in [-0.15, -0.1) is 0 Å². The summed E-state index contributed by atoms with van der Waals surface area (Å²) in [5, 5.41) is 9.51. The highest BCUT2D eigenvalue weighted by Gasteiger charge is 2.38. The number of rotatable bonds is 5. The zero-order valence-corrected chi connectivity index (χ0v) is 14.8. The lowest BCUT2D eigenvalue weighted by Gasteiger charge is -2.38. The van der Waals surface area contributed by atoms with E-state index in [0.717, 1.165) is 25.5 Å². The summed E-state index contributed by atoms with van der Waals surface area (Å²) in [6.07, 6.45) is 5.49. The third-order valence-corrected chi connectivity index (χ3v) is 5.65. The van der Waals surface area contributed by atoms with Gasteiger partial charge in [0.05, 0.1) is 11.0 Å². The van der Waals surface area contributed by atoms with Crippen molar-refractivity contribution in [3.8, 4) is 11.8 Å². The number of sulfone groups is 1. The maximum absolute atomic E-state index is 12.4. The van der Waals surface area contributed by atoms with E-state index < -0.39 is 15.4 Å². The van der Waals surface area contributed by atoms with Gasteiger partial charge in [0, 0.05) is 13.3 Å². The smallest absolute Gasteiger partial charge is 0.261 e. The van der Waals surface area contributed by atoms with Gasteiger partial charge >= 0.3 is 0 Å². The van der Waals surface area contributed by atoms with Gasteiger partial charge in [0.2, 0.25) is 0 Å². The van der Waals surface area contributed by atoms with E-state index in [2.05, 4.69) is 6.07 Å². The molecule has 2 rings (SSSR count). The molecule has 130 valence electrons. The van der Waals surface area contributed by atoms with Gasteiger partial charge in [-0.1, -0.05) is 19.3 Å². The molecule has 0 aromatic heterocycles. The monoisotopic (exact) mass is 350 g/mol. The quantitative estimate of drug-likeness (QED) is 0.812. The van der Waals surface area contributed by atoms with Crippen molar-refractivity contribution in [2.75, 3.05) is 19.9 Å². The highest BCUT2D eigenvalue weighted by molar-refractivity contribution is 7.90. The first-order valence-corrected chi connectivity index (χ1v) is 9.78.